The van der Waals surface area contributed by atoms with E-state index in [1.807, 2.05) is 6.92 Å². The Bertz CT molecular complexity index is 268. The Hall–Kier alpha value is -1.10. The average Bonchev–Trinajstić information content (AvgIpc) is 2.44. The smallest absolute Gasteiger partial charge is 0.320 e. The highest BCUT2D eigenvalue weighted by Gasteiger charge is 2.33. The fraction of sp³-hybridized carbons (Fsp3) is 0.818. The van der Waals surface area contributed by atoms with Gasteiger partial charge in [0.25, 0.3) is 0 Å². The number of primary amides is 1. The van der Waals surface area contributed by atoms with E-state index in [9.17, 15) is 9.59 Å². The van der Waals surface area contributed by atoms with Gasteiger partial charge in [0, 0.05) is 0 Å². The molecule has 5 nitrogen and oxygen atoms in total. The summed E-state index contributed by atoms with van der Waals surface area (Å²) in [6.45, 7) is 2.51. The third kappa shape index (κ3) is 2.95. The maximum Gasteiger partial charge on any atom is 0.320 e. The summed E-state index contributed by atoms with van der Waals surface area (Å²) in [6, 6.07) is -1.00. The minimum Gasteiger partial charge on any atom is -0.480 e. The lowest BCUT2D eigenvalue weighted by Crippen LogP contribution is -2.52. The Labute approximate surface area is 95.6 Å². The largest absolute Gasteiger partial charge is 0.480 e. The Morgan fingerprint density at radius 1 is 1.44 bits per heavy atom. The molecule has 5 heteroatoms. The van der Waals surface area contributed by atoms with Crippen molar-refractivity contribution in [3.63, 3.8) is 0 Å². The quantitative estimate of drug-likeness (QED) is 0.737. The number of likely N-dealkylation sites (tertiary alicyclic amines) is 1. The summed E-state index contributed by atoms with van der Waals surface area (Å²) in [7, 11) is 0. The van der Waals surface area contributed by atoms with E-state index in [4.69, 9.17) is 10.8 Å². The lowest BCUT2D eigenvalue weighted by atomic mass is 10.1. The summed E-state index contributed by atoms with van der Waals surface area (Å²) in [6.07, 6.45) is 4.05. The molecule has 92 valence electrons. The molecule has 1 amide bonds. The van der Waals surface area contributed by atoms with Crippen molar-refractivity contribution in [1.29, 1.82) is 0 Å². The highest BCUT2D eigenvalue weighted by Crippen LogP contribution is 2.20. The predicted octanol–water partition coefficient (Wildman–Crippen LogP) is 0.579. The van der Waals surface area contributed by atoms with Gasteiger partial charge in [-0.05, 0) is 25.8 Å². The number of nitrogens with zero attached hydrogens (tertiary/aromatic N) is 1. The third-order valence-corrected chi connectivity index (χ3v) is 3.19. The van der Waals surface area contributed by atoms with Gasteiger partial charge in [-0.3, -0.25) is 14.5 Å². The first-order chi connectivity index (χ1) is 7.57. The molecule has 0 saturated carbocycles. The molecule has 1 aliphatic rings. The number of hydrogen-bond donors (Lipinski definition) is 2. The second-order valence-corrected chi connectivity index (χ2v) is 4.27. The lowest BCUT2D eigenvalue weighted by molar-refractivity contribution is -0.145. The number of aliphatic carboxylic acids is 1. The van der Waals surface area contributed by atoms with Crippen LogP contribution in [0.1, 0.15) is 39.0 Å². The van der Waals surface area contributed by atoms with E-state index < -0.39 is 24.0 Å². The normalized spacial score (nSPS) is 24.7. The molecule has 16 heavy (non-hydrogen) atoms. The van der Waals surface area contributed by atoms with E-state index in [1.165, 1.54) is 0 Å². The molecule has 0 bridgehead atoms. The Balaban J connectivity index is 2.85. The van der Waals surface area contributed by atoms with Gasteiger partial charge in [-0.25, -0.2) is 0 Å². The van der Waals surface area contributed by atoms with Crippen molar-refractivity contribution in [2.45, 2.75) is 51.1 Å². The molecule has 0 aromatic heterocycles. The standard InChI is InChI=1S/C11H20N2O3/c1-2-8(10(12)14)13-7-5-3-4-6-9(13)11(15)16/h8-9H,2-7H2,1H3,(H2,12,14)(H,15,16). The molecule has 1 saturated heterocycles. The molecule has 2 atom stereocenters. The van der Waals surface area contributed by atoms with Crippen molar-refractivity contribution >= 4 is 11.9 Å². The molecular formula is C11H20N2O3. The van der Waals surface area contributed by atoms with Crippen LogP contribution in [0.15, 0.2) is 0 Å². The maximum atomic E-state index is 11.3. The first-order valence-electron chi connectivity index (χ1n) is 5.85. The Kier molecular flexibility index (Phi) is 4.73. The summed E-state index contributed by atoms with van der Waals surface area (Å²) in [5.74, 6) is -1.27. The number of rotatable bonds is 4. The van der Waals surface area contributed by atoms with Gasteiger partial charge in [0.1, 0.15) is 6.04 Å². The van der Waals surface area contributed by atoms with Crippen LogP contribution in [0, 0.1) is 0 Å². The number of carboxylic acids is 1. The van der Waals surface area contributed by atoms with E-state index in [-0.39, 0.29) is 0 Å². The zero-order valence-electron chi connectivity index (χ0n) is 9.69. The molecule has 2 unspecified atom stereocenters. The third-order valence-electron chi connectivity index (χ3n) is 3.19. The van der Waals surface area contributed by atoms with Crippen molar-refractivity contribution in [3.05, 3.63) is 0 Å². The number of carboxylic acid groups (broad SMARTS) is 1. The minimum absolute atomic E-state index is 0.421. The van der Waals surface area contributed by atoms with E-state index >= 15 is 0 Å². The number of nitrogens with two attached hydrogens (primary N) is 1. The molecular weight excluding hydrogens is 208 g/mol. The topological polar surface area (TPSA) is 83.6 Å². The maximum absolute atomic E-state index is 11.3. The fourth-order valence-electron chi connectivity index (χ4n) is 2.37. The highest BCUT2D eigenvalue weighted by atomic mass is 16.4. The molecule has 1 aliphatic heterocycles. The Morgan fingerprint density at radius 3 is 2.62 bits per heavy atom. The second-order valence-electron chi connectivity index (χ2n) is 4.27. The summed E-state index contributed by atoms with van der Waals surface area (Å²) >= 11 is 0. The summed E-state index contributed by atoms with van der Waals surface area (Å²) in [5, 5.41) is 9.17. The summed E-state index contributed by atoms with van der Waals surface area (Å²) in [5.41, 5.74) is 5.32. The van der Waals surface area contributed by atoms with Crippen LogP contribution in [0.4, 0.5) is 0 Å². The minimum atomic E-state index is -0.846. The van der Waals surface area contributed by atoms with Gasteiger partial charge in [0.05, 0.1) is 6.04 Å². The number of carbonyl (C=O) groups is 2. The number of hydrogen-bond acceptors (Lipinski definition) is 3. The zero-order chi connectivity index (χ0) is 12.1. The van der Waals surface area contributed by atoms with Gasteiger partial charge >= 0.3 is 5.97 Å². The molecule has 0 aliphatic carbocycles. The van der Waals surface area contributed by atoms with Crippen molar-refractivity contribution in [1.82, 2.24) is 4.90 Å². The van der Waals surface area contributed by atoms with Crippen LogP contribution in [-0.2, 0) is 9.59 Å². The highest BCUT2D eigenvalue weighted by molar-refractivity contribution is 5.81. The van der Waals surface area contributed by atoms with Crippen molar-refractivity contribution in [2.24, 2.45) is 5.73 Å². The first-order valence-corrected chi connectivity index (χ1v) is 5.85. The SMILES string of the molecule is CCC(C(N)=O)N1CCCCCC1C(=O)O. The summed E-state index contributed by atoms with van der Waals surface area (Å²) in [4.78, 5) is 24.2. The first kappa shape index (κ1) is 13.0. The van der Waals surface area contributed by atoms with Crippen LogP contribution in [0.2, 0.25) is 0 Å². The molecule has 3 N–H and O–H groups in total. The monoisotopic (exact) mass is 228 g/mol. The molecule has 0 aromatic rings. The van der Waals surface area contributed by atoms with Gasteiger partial charge in [-0.2, -0.15) is 0 Å². The van der Waals surface area contributed by atoms with E-state index in [1.54, 1.807) is 4.90 Å². The van der Waals surface area contributed by atoms with Gasteiger partial charge < -0.3 is 10.8 Å². The molecule has 0 radical (unpaired) electrons. The predicted molar refractivity (Wildman–Crippen MR) is 59.9 cm³/mol. The zero-order valence-corrected chi connectivity index (χ0v) is 9.69. The molecule has 0 aromatic carbocycles. The van der Waals surface area contributed by atoms with Crippen LogP contribution >= 0.6 is 0 Å². The second kappa shape index (κ2) is 5.84. The van der Waals surface area contributed by atoms with Crippen LogP contribution < -0.4 is 5.73 Å². The van der Waals surface area contributed by atoms with Crippen LogP contribution in [-0.4, -0.2) is 40.5 Å². The van der Waals surface area contributed by atoms with Crippen LogP contribution in [0.5, 0.6) is 0 Å². The van der Waals surface area contributed by atoms with Crippen molar-refractivity contribution in [3.8, 4) is 0 Å². The molecule has 0 spiro atoms. The van der Waals surface area contributed by atoms with Gasteiger partial charge in [-0.15, -0.1) is 0 Å². The average molecular weight is 228 g/mol. The van der Waals surface area contributed by atoms with E-state index in [0.29, 0.717) is 19.4 Å². The van der Waals surface area contributed by atoms with Gasteiger partial charge in [-0.1, -0.05) is 19.8 Å². The summed E-state index contributed by atoms with van der Waals surface area (Å²) < 4.78 is 0. The van der Waals surface area contributed by atoms with E-state index in [2.05, 4.69) is 0 Å². The van der Waals surface area contributed by atoms with Crippen molar-refractivity contribution in [2.75, 3.05) is 6.54 Å². The lowest BCUT2D eigenvalue weighted by Gasteiger charge is -2.32. The Morgan fingerprint density at radius 2 is 2.12 bits per heavy atom. The molecule has 1 rings (SSSR count). The number of amides is 1. The van der Waals surface area contributed by atoms with Crippen molar-refractivity contribution < 1.29 is 14.7 Å². The molecule has 1 heterocycles. The van der Waals surface area contributed by atoms with Crippen LogP contribution in [0.25, 0.3) is 0 Å². The fourth-order valence-corrected chi connectivity index (χ4v) is 2.37. The number of carbonyl (C=O) groups excluding carboxylic acids is 1. The van der Waals surface area contributed by atoms with Gasteiger partial charge in [0.2, 0.25) is 5.91 Å². The van der Waals surface area contributed by atoms with E-state index in [0.717, 1.165) is 19.3 Å². The van der Waals surface area contributed by atoms with Gasteiger partial charge in [0.15, 0.2) is 0 Å². The molecule has 1 fully saturated rings. The van der Waals surface area contributed by atoms with Crippen LogP contribution in [0.3, 0.4) is 0 Å².